The number of nitrogens with one attached hydrogen (secondary N) is 2. The van der Waals surface area contributed by atoms with Crippen molar-refractivity contribution in [2.24, 2.45) is 5.92 Å². The molecule has 2 aromatic carbocycles. The summed E-state index contributed by atoms with van der Waals surface area (Å²) >= 11 is 1.34. The van der Waals surface area contributed by atoms with Gasteiger partial charge in [0, 0.05) is 23.6 Å². The zero-order chi connectivity index (χ0) is 25.5. The number of urea groups is 1. The molecule has 8 nitrogen and oxygen atoms in total. The van der Waals surface area contributed by atoms with E-state index in [1.807, 2.05) is 37.3 Å². The molecule has 2 fully saturated rings. The van der Waals surface area contributed by atoms with Crippen molar-refractivity contribution in [1.82, 2.24) is 15.0 Å². The number of benzene rings is 2. The second kappa shape index (κ2) is 9.53. The lowest BCUT2D eigenvalue weighted by molar-refractivity contribution is -0.117. The molecule has 10 heteroatoms. The second-order valence-corrected chi connectivity index (χ2v) is 10.3. The maximum absolute atomic E-state index is 13.4. The molecule has 188 valence electrons. The molecule has 1 saturated carbocycles. The molecule has 6 rings (SSSR count). The highest BCUT2D eigenvalue weighted by Gasteiger charge is 2.32. The smallest absolute Gasteiger partial charge is 0.306 e. The summed E-state index contributed by atoms with van der Waals surface area (Å²) in [6, 6.07) is 14.9. The standard InChI is InChI=1S/C27H24FN5O3S/c1-15-2-3-18(20-10-11-21-25(29-20)37-26(30-21)32-24(34)17-4-5-17)14-22(15)31-27(35)33-23(12-13-36-33)16-6-8-19(28)9-7-16/h2-3,6-11,14,17,23H,4-5,12-13H2,1H3,(H,31,35)(H,30,32,34). The van der Waals surface area contributed by atoms with Gasteiger partial charge in [0.25, 0.3) is 0 Å². The van der Waals surface area contributed by atoms with Crippen LogP contribution in [-0.2, 0) is 9.63 Å². The fourth-order valence-corrected chi connectivity index (χ4v) is 5.17. The van der Waals surface area contributed by atoms with Crippen LogP contribution >= 0.6 is 11.3 Å². The van der Waals surface area contributed by atoms with E-state index in [0.29, 0.717) is 23.8 Å². The van der Waals surface area contributed by atoms with Crippen molar-refractivity contribution < 1.29 is 18.8 Å². The van der Waals surface area contributed by atoms with Crippen LogP contribution in [0.15, 0.2) is 54.6 Å². The third-order valence-electron chi connectivity index (χ3n) is 6.57. The monoisotopic (exact) mass is 517 g/mol. The van der Waals surface area contributed by atoms with Gasteiger partial charge in [0.2, 0.25) is 5.91 Å². The number of carbonyl (C=O) groups excluding carboxylic acids is 2. The van der Waals surface area contributed by atoms with Crippen molar-refractivity contribution in [3.05, 3.63) is 71.5 Å². The summed E-state index contributed by atoms with van der Waals surface area (Å²) in [6.07, 6.45) is 2.49. The molecule has 1 aliphatic carbocycles. The molecule has 3 heterocycles. The largest absolute Gasteiger partial charge is 0.346 e. The Hall–Kier alpha value is -3.89. The number of hydrogen-bond donors (Lipinski definition) is 2. The van der Waals surface area contributed by atoms with E-state index in [9.17, 15) is 14.0 Å². The van der Waals surface area contributed by atoms with Crippen molar-refractivity contribution in [1.29, 1.82) is 0 Å². The van der Waals surface area contributed by atoms with Crippen LogP contribution in [-0.4, -0.2) is 33.6 Å². The highest BCUT2D eigenvalue weighted by atomic mass is 32.1. The molecule has 4 aromatic rings. The number of hydroxylamine groups is 2. The van der Waals surface area contributed by atoms with Gasteiger partial charge < -0.3 is 10.6 Å². The summed E-state index contributed by atoms with van der Waals surface area (Å²) in [5.41, 5.74) is 4.62. The van der Waals surface area contributed by atoms with Crippen LogP contribution < -0.4 is 10.6 Å². The molecule has 1 atom stereocenters. The Labute approximate surface area is 216 Å². The molecule has 1 unspecified atom stereocenters. The maximum Gasteiger partial charge on any atom is 0.346 e. The van der Waals surface area contributed by atoms with E-state index in [0.717, 1.165) is 45.6 Å². The summed E-state index contributed by atoms with van der Waals surface area (Å²) in [7, 11) is 0. The molecule has 2 aliphatic rings. The first-order valence-electron chi connectivity index (χ1n) is 12.1. The van der Waals surface area contributed by atoms with E-state index in [2.05, 4.69) is 15.6 Å². The Morgan fingerprint density at radius 3 is 2.62 bits per heavy atom. The molecule has 1 aliphatic heterocycles. The van der Waals surface area contributed by atoms with Gasteiger partial charge in [-0.25, -0.2) is 19.2 Å². The third-order valence-corrected chi connectivity index (χ3v) is 7.45. The third kappa shape index (κ3) is 4.90. The van der Waals surface area contributed by atoms with Gasteiger partial charge >= 0.3 is 6.03 Å². The summed E-state index contributed by atoms with van der Waals surface area (Å²) < 4.78 is 13.4. The minimum atomic E-state index is -0.394. The van der Waals surface area contributed by atoms with Crippen LogP contribution in [0.1, 0.15) is 36.4 Å². The first kappa shape index (κ1) is 23.5. The Balaban J connectivity index is 1.21. The van der Waals surface area contributed by atoms with Crippen molar-refractivity contribution in [2.45, 2.75) is 32.2 Å². The lowest BCUT2D eigenvalue weighted by Gasteiger charge is -2.23. The number of anilines is 2. The number of amides is 3. The van der Waals surface area contributed by atoms with Gasteiger partial charge in [0.05, 0.1) is 18.3 Å². The van der Waals surface area contributed by atoms with Gasteiger partial charge in [0.1, 0.15) is 16.2 Å². The topological polar surface area (TPSA) is 96.4 Å². The summed E-state index contributed by atoms with van der Waals surface area (Å²) in [5, 5.41) is 7.71. The van der Waals surface area contributed by atoms with Gasteiger partial charge in [0.15, 0.2) is 5.13 Å². The number of rotatable bonds is 5. The van der Waals surface area contributed by atoms with Crippen LogP contribution in [0.5, 0.6) is 0 Å². The van der Waals surface area contributed by atoms with Gasteiger partial charge in [-0.05, 0) is 61.2 Å². The highest BCUT2D eigenvalue weighted by Crippen LogP contribution is 2.34. The highest BCUT2D eigenvalue weighted by molar-refractivity contribution is 7.22. The van der Waals surface area contributed by atoms with Crippen LogP contribution in [0.4, 0.5) is 20.0 Å². The molecule has 2 N–H and O–H groups in total. The number of nitrogens with zero attached hydrogens (tertiary/aromatic N) is 3. The summed E-state index contributed by atoms with van der Waals surface area (Å²) in [4.78, 5) is 40.8. The first-order valence-corrected chi connectivity index (χ1v) is 12.9. The van der Waals surface area contributed by atoms with Crippen molar-refractivity contribution in [3.8, 4) is 11.3 Å². The minimum absolute atomic E-state index is 0.0156. The van der Waals surface area contributed by atoms with E-state index in [1.165, 1.54) is 28.5 Å². The molecular weight excluding hydrogens is 493 g/mol. The van der Waals surface area contributed by atoms with Crippen molar-refractivity contribution in [2.75, 3.05) is 17.2 Å². The number of aromatic nitrogens is 2. The SMILES string of the molecule is Cc1ccc(-c2ccc3nc(NC(=O)C4CC4)sc3n2)cc1NC(=O)N1OCCC1c1ccc(F)cc1. The van der Waals surface area contributed by atoms with Crippen LogP contribution in [0, 0.1) is 18.7 Å². The van der Waals surface area contributed by atoms with Gasteiger partial charge in [-0.15, -0.1) is 0 Å². The number of hydrogen-bond acceptors (Lipinski definition) is 6. The van der Waals surface area contributed by atoms with Gasteiger partial charge in [-0.2, -0.15) is 5.06 Å². The molecule has 0 radical (unpaired) electrons. The molecule has 2 aromatic heterocycles. The molecule has 3 amide bonds. The fourth-order valence-electron chi connectivity index (χ4n) is 4.33. The van der Waals surface area contributed by atoms with Crippen molar-refractivity contribution >= 4 is 44.4 Å². The minimum Gasteiger partial charge on any atom is -0.306 e. The number of thiazole rings is 1. The predicted molar refractivity (Wildman–Crippen MR) is 140 cm³/mol. The Bertz CT molecular complexity index is 1500. The van der Waals surface area contributed by atoms with Crippen LogP contribution in [0.3, 0.4) is 0 Å². The lowest BCUT2D eigenvalue weighted by Crippen LogP contribution is -2.33. The second-order valence-electron chi connectivity index (χ2n) is 9.28. The zero-order valence-electron chi connectivity index (χ0n) is 20.0. The van der Waals surface area contributed by atoms with E-state index in [-0.39, 0.29) is 23.7 Å². The van der Waals surface area contributed by atoms with Crippen molar-refractivity contribution in [3.63, 3.8) is 0 Å². The van der Waals surface area contributed by atoms with Crippen LogP contribution in [0.2, 0.25) is 0 Å². The number of fused-ring (bicyclic) bond motifs is 1. The molecule has 1 saturated heterocycles. The summed E-state index contributed by atoms with van der Waals surface area (Å²) in [5.74, 6) is -0.203. The summed E-state index contributed by atoms with van der Waals surface area (Å²) in [6.45, 7) is 2.31. The normalized spacial score (nSPS) is 17.2. The van der Waals surface area contributed by atoms with E-state index < -0.39 is 6.03 Å². The van der Waals surface area contributed by atoms with E-state index >= 15 is 0 Å². The molecule has 0 spiro atoms. The lowest BCUT2D eigenvalue weighted by atomic mass is 10.0. The zero-order valence-corrected chi connectivity index (χ0v) is 20.8. The number of carbonyl (C=O) groups is 2. The van der Waals surface area contributed by atoms with Gasteiger partial charge in [-0.1, -0.05) is 35.6 Å². The number of pyridine rings is 1. The molecular formula is C27H24FN5O3S. The maximum atomic E-state index is 13.4. The first-order chi connectivity index (χ1) is 17.9. The Kier molecular flexibility index (Phi) is 6.05. The van der Waals surface area contributed by atoms with Crippen LogP contribution in [0.25, 0.3) is 21.6 Å². The molecule has 37 heavy (non-hydrogen) atoms. The fraction of sp³-hybridized carbons (Fsp3) is 0.259. The number of aryl methyl sites for hydroxylation is 1. The Morgan fingerprint density at radius 1 is 1.03 bits per heavy atom. The van der Waals surface area contributed by atoms with E-state index in [4.69, 9.17) is 9.82 Å². The quantitative estimate of drug-likeness (QED) is 0.335. The van der Waals surface area contributed by atoms with Gasteiger partial charge in [-0.3, -0.25) is 9.63 Å². The average Bonchev–Trinajstić information content (AvgIpc) is 3.49. The Morgan fingerprint density at radius 2 is 1.84 bits per heavy atom. The van der Waals surface area contributed by atoms with E-state index in [1.54, 1.807) is 12.1 Å². The molecule has 0 bridgehead atoms. The predicted octanol–water partition coefficient (Wildman–Crippen LogP) is 6.06. The average molecular weight is 518 g/mol. The number of halogens is 1.